The number of nitrogen functional groups attached to an aromatic ring is 1. The second kappa shape index (κ2) is 6.51. The van der Waals surface area contributed by atoms with Crippen molar-refractivity contribution in [2.45, 2.75) is 34.2 Å². The second-order valence-corrected chi connectivity index (χ2v) is 5.91. The normalized spacial score (nSPS) is 11.0. The molecule has 0 fully saturated rings. The summed E-state index contributed by atoms with van der Waals surface area (Å²) in [5, 5.41) is 0. The molecule has 0 amide bonds. The Labute approximate surface area is 145 Å². The van der Waals surface area contributed by atoms with E-state index in [1.54, 1.807) is 25.1 Å². The highest BCUT2D eigenvalue weighted by Crippen LogP contribution is 2.22. The standard InChI is InChI=1S/C18H21N5O2/c1-5-25-17(24)13-6-7-14-16(8-13)23(18(19)22-14)9-15-12(4)20-10(2)11(3)21-15/h6-8H,5,9H2,1-4H3,(H2,19,22). The van der Waals surface area contributed by atoms with Crippen molar-refractivity contribution in [2.24, 2.45) is 0 Å². The molecule has 2 aromatic heterocycles. The molecule has 130 valence electrons. The molecule has 0 atom stereocenters. The molecule has 2 N–H and O–H groups in total. The molecule has 0 unspecified atom stereocenters. The molecular weight excluding hydrogens is 318 g/mol. The van der Waals surface area contributed by atoms with E-state index in [1.807, 2.05) is 25.3 Å². The Morgan fingerprint density at radius 2 is 1.84 bits per heavy atom. The van der Waals surface area contributed by atoms with Gasteiger partial charge in [0.15, 0.2) is 0 Å². The minimum Gasteiger partial charge on any atom is -0.462 e. The van der Waals surface area contributed by atoms with Gasteiger partial charge in [0.1, 0.15) is 0 Å². The first-order chi connectivity index (χ1) is 11.9. The van der Waals surface area contributed by atoms with Crippen molar-refractivity contribution in [3.8, 4) is 0 Å². The van der Waals surface area contributed by atoms with Gasteiger partial charge in [-0.3, -0.25) is 9.97 Å². The average Bonchev–Trinajstić information content (AvgIpc) is 2.87. The number of ether oxygens (including phenoxy) is 1. The fraction of sp³-hybridized carbons (Fsp3) is 0.333. The van der Waals surface area contributed by atoms with E-state index < -0.39 is 0 Å². The number of carbonyl (C=O) groups is 1. The molecule has 2 heterocycles. The van der Waals surface area contributed by atoms with E-state index in [2.05, 4.69) is 15.0 Å². The number of aryl methyl sites for hydroxylation is 3. The number of nitrogens with two attached hydrogens (primary N) is 1. The quantitative estimate of drug-likeness (QED) is 0.734. The summed E-state index contributed by atoms with van der Waals surface area (Å²) in [6.07, 6.45) is 0. The van der Waals surface area contributed by atoms with Crippen molar-refractivity contribution >= 4 is 23.0 Å². The highest BCUT2D eigenvalue weighted by molar-refractivity contribution is 5.94. The molecule has 0 aliphatic heterocycles. The van der Waals surface area contributed by atoms with Crippen LogP contribution in [0.15, 0.2) is 18.2 Å². The number of nitrogens with zero attached hydrogens (tertiary/aromatic N) is 4. The molecule has 3 rings (SSSR count). The largest absolute Gasteiger partial charge is 0.462 e. The van der Waals surface area contributed by atoms with Gasteiger partial charge < -0.3 is 15.0 Å². The summed E-state index contributed by atoms with van der Waals surface area (Å²) in [4.78, 5) is 25.5. The van der Waals surface area contributed by atoms with Gasteiger partial charge in [-0.25, -0.2) is 9.78 Å². The number of fused-ring (bicyclic) bond motifs is 1. The van der Waals surface area contributed by atoms with Crippen LogP contribution in [0.2, 0.25) is 0 Å². The van der Waals surface area contributed by atoms with Crippen LogP contribution < -0.4 is 5.73 Å². The third-order valence-electron chi connectivity index (χ3n) is 4.18. The summed E-state index contributed by atoms with van der Waals surface area (Å²) in [6, 6.07) is 5.21. The first-order valence-electron chi connectivity index (χ1n) is 8.14. The lowest BCUT2D eigenvalue weighted by Gasteiger charge is -2.11. The number of hydrogen-bond donors (Lipinski definition) is 1. The Morgan fingerprint density at radius 1 is 1.12 bits per heavy atom. The van der Waals surface area contributed by atoms with Gasteiger partial charge in [-0.2, -0.15) is 0 Å². The SMILES string of the molecule is CCOC(=O)c1ccc2nc(N)n(Cc3nc(C)c(C)nc3C)c2c1. The first-order valence-corrected chi connectivity index (χ1v) is 8.14. The Kier molecular flexibility index (Phi) is 4.39. The summed E-state index contributed by atoms with van der Waals surface area (Å²) in [5.41, 5.74) is 11.5. The zero-order valence-corrected chi connectivity index (χ0v) is 14.8. The Hall–Kier alpha value is -2.96. The molecule has 0 spiro atoms. The van der Waals surface area contributed by atoms with Crippen LogP contribution in [-0.4, -0.2) is 32.1 Å². The molecule has 1 aromatic carbocycles. The number of carbonyl (C=O) groups excluding carboxylic acids is 1. The van der Waals surface area contributed by atoms with E-state index in [1.165, 1.54) is 0 Å². The molecule has 0 saturated heterocycles. The van der Waals surface area contributed by atoms with Crippen LogP contribution in [0.25, 0.3) is 11.0 Å². The molecule has 0 radical (unpaired) electrons. The summed E-state index contributed by atoms with van der Waals surface area (Å²) < 4.78 is 6.90. The zero-order chi connectivity index (χ0) is 18.1. The van der Waals surface area contributed by atoms with E-state index in [0.29, 0.717) is 24.7 Å². The minimum atomic E-state index is -0.363. The van der Waals surface area contributed by atoms with Crippen molar-refractivity contribution in [1.29, 1.82) is 0 Å². The van der Waals surface area contributed by atoms with Crippen LogP contribution in [0.3, 0.4) is 0 Å². The van der Waals surface area contributed by atoms with E-state index in [4.69, 9.17) is 10.5 Å². The van der Waals surface area contributed by atoms with E-state index in [0.717, 1.165) is 33.8 Å². The highest BCUT2D eigenvalue weighted by Gasteiger charge is 2.15. The van der Waals surface area contributed by atoms with E-state index in [9.17, 15) is 4.79 Å². The predicted molar refractivity (Wildman–Crippen MR) is 95.4 cm³/mol. The molecule has 0 aliphatic rings. The fourth-order valence-electron chi connectivity index (χ4n) is 2.71. The van der Waals surface area contributed by atoms with Gasteiger partial charge in [0.25, 0.3) is 0 Å². The van der Waals surface area contributed by atoms with Crippen LogP contribution in [0.1, 0.15) is 40.1 Å². The molecule has 7 nitrogen and oxygen atoms in total. The van der Waals surface area contributed by atoms with Gasteiger partial charge in [0.2, 0.25) is 5.95 Å². The van der Waals surface area contributed by atoms with Crippen molar-refractivity contribution in [3.63, 3.8) is 0 Å². The lowest BCUT2D eigenvalue weighted by molar-refractivity contribution is 0.0526. The van der Waals surface area contributed by atoms with E-state index >= 15 is 0 Å². The van der Waals surface area contributed by atoms with Gasteiger partial charge in [0, 0.05) is 0 Å². The fourth-order valence-corrected chi connectivity index (χ4v) is 2.71. The van der Waals surface area contributed by atoms with Crippen molar-refractivity contribution in [2.75, 3.05) is 12.3 Å². The number of anilines is 1. The lowest BCUT2D eigenvalue weighted by atomic mass is 10.2. The Balaban J connectivity index is 2.06. The van der Waals surface area contributed by atoms with Crippen molar-refractivity contribution < 1.29 is 9.53 Å². The van der Waals surface area contributed by atoms with Crippen LogP contribution in [0, 0.1) is 20.8 Å². The predicted octanol–water partition coefficient (Wildman–Crippen LogP) is 2.56. The lowest BCUT2D eigenvalue weighted by Crippen LogP contribution is -2.10. The summed E-state index contributed by atoms with van der Waals surface area (Å²) in [6.45, 7) is 8.34. The smallest absolute Gasteiger partial charge is 0.338 e. The van der Waals surface area contributed by atoms with Gasteiger partial charge >= 0.3 is 5.97 Å². The number of benzene rings is 1. The van der Waals surface area contributed by atoms with Crippen LogP contribution in [-0.2, 0) is 11.3 Å². The van der Waals surface area contributed by atoms with Crippen LogP contribution >= 0.6 is 0 Å². The number of rotatable bonds is 4. The number of hydrogen-bond acceptors (Lipinski definition) is 6. The molecule has 7 heteroatoms. The zero-order valence-electron chi connectivity index (χ0n) is 14.8. The van der Waals surface area contributed by atoms with Gasteiger partial charge in [-0.15, -0.1) is 0 Å². The van der Waals surface area contributed by atoms with Gasteiger partial charge in [0.05, 0.1) is 52.5 Å². The summed E-state index contributed by atoms with van der Waals surface area (Å²) >= 11 is 0. The Bertz CT molecular complexity index is 962. The van der Waals surface area contributed by atoms with Gasteiger partial charge in [-0.05, 0) is 45.9 Å². The Morgan fingerprint density at radius 3 is 2.56 bits per heavy atom. The third kappa shape index (κ3) is 3.17. The van der Waals surface area contributed by atoms with Crippen molar-refractivity contribution in [1.82, 2.24) is 19.5 Å². The minimum absolute atomic E-state index is 0.329. The van der Waals surface area contributed by atoms with Crippen LogP contribution in [0.4, 0.5) is 5.95 Å². The first kappa shape index (κ1) is 16.9. The summed E-state index contributed by atoms with van der Waals surface area (Å²) in [5.74, 6) is 0.00770. The third-order valence-corrected chi connectivity index (χ3v) is 4.18. The number of esters is 1. The molecule has 0 bridgehead atoms. The number of aromatic nitrogens is 4. The second-order valence-electron chi connectivity index (χ2n) is 5.91. The highest BCUT2D eigenvalue weighted by atomic mass is 16.5. The number of imidazole rings is 1. The maximum Gasteiger partial charge on any atom is 0.338 e. The maximum absolute atomic E-state index is 12.0. The van der Waals surface area contributed by atoms with Crippen molar-refractivity contribution in [3.05, 3.63) is 46.5 Å². The van der Waals surface area contributed by atoms with Crippen LogP contribution in [0.5, 0.6) is 0 Å². The van der Waals surface area contributed by atoms with Gasteiger partial charge in [-0.1, -0.05) is 0 Å². The maximum atomic E-state index is 12.0. The van der Waals surface area contributed by atoms with E-state index in [-0.39, 0.29) is 5.97 Å². The molecular formula is C18H21N5O2. The summed E-state index contributed by atoms with van der Waals surface area (Å²) in [7, 11) is 0. The monoisotopic (exact) mass is 339 g/mol. The molecule has 0 aliphatic carbocycles. The molecule has 3 aromatic rings. The molecule has 0 saturated carbocycles. The average molecular weight is 339 g/mol. The molecule has 25 heavy (non-hydrogen) atoms. The topological polar surface area (TPSA) is 95.9 Å².